The molecule has 0 saturated heterocycles. The van der Waals surface area contributed by atoms with Crippen molar-refractivity contribution in [1.29, 1.82) is 0 Å². The summed E-state index contributed by atoms with van der Waals surface area (Å²) >= 11 is 0. The van der Waals surface area contributed by atoms with E-state index in [1.54, 1.807) is 0 Å². The van der Waals surface area contributed by atoms with E-state index in [1.165, 1.54) is 32.4 Å². The van der Waals surface area contributed by atoms with Gasteiger partial charge in [0.1, 0.15) is 11.9 Å². The van der Waals surface area contributed by atoms with E-state index < -0.39 is 17.9 Å². The van der Waals surface area contributed by atoms with Crippen molar-refractivity contribution in [2.24, 2.45) is 34.5 Å². The fourth-order valence-electron chi connectivity index (χ4n) is 8.63. The number of ketones is 1. The van der Waals surface area contributed by atoms with Crippen molar-refractivity contribution in [2.45, 2.75) is 77.7 Å². The molecule has 0 radical (unpaired) electrons. The Morgan fingerprint density at radius 2 is 1.51 bits per heavy atom. The third kappa shape index (κ3) is 4.18. The van der Waals surface area contributed by atoms with Crippen LogP contribution in [0.2, 0.25) is 0 Å². The molecule has 4 aliphatic rings. The number of esters is 3. The molecule has 0 aliphatic heterocycles. The number of carbonyl (C=O) groups excluding carboxylic acids is 4. The zero-order valence-electron chi connectivity index (χ0n) is 22.3. The Kier molecular flexibility index (Phi) is 6.70. The maximum atomic E-state index is 13.3. The van der Waals surface area contributed by atoms with Gasteiger partial charge in [-0.25, -0.2) is 14.4 Å². The van der Waals surface area contributed by atoms with Crippen LogP contribution in [-0.4, -0.2) is 44.0 Å². The zero-order valence-corrected chi connectivity index (χ0v) is 22.3. The lowest BCUT2D eigenvalue weighted by Gasteiger charge is -2.60. The van der Waals surface area contributed by atoms with Gasteiger partial charge in [-0.15, -0.1) is 0 Å². The lowest BCUT2D eigenvalue weighted by Crippen LogP contribution is -2.54. The number of Topliss-reactive ketones (excluding diaryl/α,β-unsaturated/α-hetero) is 1. The third-order valence-corrected chi connectivity index (χ3v) is 10.7. The second-order valence-corrected chi connectivity index (χ2v) is 12.2. The molecular formula is C30H38O7. The summed E-state index contributed by atoms with van der Waals surface area (Å²) in [5.41, 5.74) is 0.412. The van der Waals surface area contributed by atoms with Gasteiger partial charge in [-0.2, -0.15) is 0 Å². The summed E-state index contributed by atoms with van der Waals surface area (Å²) in [7, 11) is 2.46. The lowest BCUT2D eigenvalue weighted by atomic mass is 9.45. The molecule has 37 heavy (non-hydrogen) atoms. The summed E-state index contributed by atoms with van der Waals surface area (Å²) in [6, 6.07) is 4.27. The van der Waals surface area contributed by atoms with Gasteiger partial charge in [-0.3, -0.25) is 4.79 Å². The average Bonchev–Trinajstić information content (AvgIpc) is 3.23. The van der Waals surface area contributed by atoms with Crippen LogP contribution in [0.1, 0.15) is 103 Å². The first-order valence-electron chi connectivity index (χ1n) is 13.7. The second kappa shape index (κ2) is 9.55. The Bertz CT molecular complexity index is 1120. The van der Waals surface area contributed by atoms with E-state index >= 15 is 0 Å². The number of ether oxygens (including phenoxy) is 3. The highest BCUT2D eigenvalue weighted by Crippen LogP contribution is 2.66. The molecule has 0 bridgehead atoms. The summed E-state index contributed by atoms with van der Waals surface area (Å²) in [5.74, 6) is 0.839. The molecule has 4 saturated carbocycles. The van der Waals surface area contributed by atoms with Crippen LogP contribution in [0.4, 0.5) is 0 Å². The SMILES string of the molecule is COC(=O)c1ccc(C(=O)O[C@H]2CC[C@H]3C4CC[C@H]5CC(=O)CC[C@]5(C)[C@H]4CC[C@]23C)cc1C(=O)OC. The molecular weight excluding hydrogens is 472 g/mol. The topological polar surface area (TPSA) is 96.0 Å². The minimum absolute atomic E-state index is 0.0178. The van der Waals surface area contributed by atoms with E-state index in [1.807, 2.05) is 0 Å². The summed E-state index contributed by atoms with van der Waals surface area (Å²) in [6.07, 6.45) is 8.61. The van der Waals surface area contributed by atoms with Crippen LogP contribution in [0, 0.1) is 34.5 Å². The minimum Gasteiger partial charge on any atom is -0.465 e. The summed E-state index contributed by atoms with van der Waals surface area (Å²) in [5, 5.41) is 0. The largest absolute Gasteiger partial charge is 0.465 e. The summed E-state index contributed by atoms with van der Waals surface area (Å²) < 4.78 is 15.7. The van der Waals surface area contributed by atoms with Crippen molar-refractivity contribution in [1.82, 2.24) is 0 Å². The second-order valence-electron chi connectivity index (χ2n) is 12.2. The van der Waals surface area contributed by atoms with Crippen LogP contribution in [0.5, 0.6) is 0 Å². The number of fused-ring (bicyclic) bond motifs is 5. The molecule has 7 atom stereocenters. The molecule has 5 rings (SSSR count). The number of rotatable bonds is 4. The summed E-state index contributed by atoms with van der Waals surface area (Å²) in [6.45, 7) is 4.73. The molecule has 0 heterocycles. The molecule has 4 aliphatic carbocycles. The van der Waals surface area contributed by atoms with Crippen molar-refractivity contribution in [3.63, 3.8) is 0 Å². The molecule has 0 amide bonds. The molecule has 200 valence electrons. The molecule has 0 spiro atoms. The van der Waals surface area contributed by atoms with Gasteiger partial charge in [0.2, 0.25) is 0 Å². The molecule has 7 heteroatoms. The summed E-state index contributed by atoms with van der Waals surface area (Å²) in [4.78, 5) is 49.8. The highest BCUT2D eigenvalue weighted by Gasteiger charge is 2.61. The number of carbonyl (C=O) groups is 4. The standard InChI is InChI=1S/C30H38O7/c1-29-13-11-19(31)16-18(29)6-8-21-23-9-10-25(30(23,2)14-12-24(21)29)37-26(32)17-5-7-20(27(33)35-3)22(15-17)28(34)36-4/h5,7,15,18,21,23-25H,6,8-14,16H2,1-4H3/t18-,21?,23-,24-,25-,29-,30-/m0/s1. The first-order chi connectivity index (χ1) is 17.6. The van der Waals surface area contributed by atoms with E-state index in [2.05, 4.69) is 13.8 Å². The highest BCUT2D eigenvalue weighted by atomic mass is 16.5. The van der Waals surface area contributed by atoms with Gasteiger partial charge in [0.25, 0.3) is 0 Å². The van der Waals surface area contributed by atoms with Crippen LogP contribution in [-0.2, 0) is 19.0 Å². The highest BCUT2D eigenvalue weighted by molar-refractivity contribution is 6.05. The fraction of sp³-hybridized carbons (Fsp3) is 0.667. The third-order valence-electron chi connectivity index (χ3n) is 10.7. The first kappa shape index (κ1) is 25.9. The van der Waals surface area contributed by atoms with E-state index in [9.17, 15) is 19.2 Å². The zero-order chi connectivity index (χ0) is 26.5. The maximum absolute atomic E-state index is 13.3. The molecule has 7 nitrogen and oxygen atoms in total. The Morgan fingerprint density at radius 3 is 2.24 bits per heavy atom. The van der Waals surface area contributed by atoms with Crippen LogP contribution >= 0.6 is 0 Å². The number of hydrogen-bond donors (Lipinski definition) is 0. The predicted molar refractivity (Wildman–Crippen MR) is 135 cm³/mol. The van der Waals surface area contributed by atoms with E-state index in [-0.39, 0.29) is 33.6 Å². The fourth-order valence-corrected chi connectivity index (χ4v) is 8.63. The van der Waals surface area contributed by atoms with Crippen LogP contribution in [0.25, 0.3) is 0 Å². The maximum Gasteiger partial charge on any atom is 0.338 e. The smallest absolute Gasteiger partial charge is 0.338 e. The Morgan fingerprint density at radius 1 is 0.811 bits per heavy atom. The first-order valence-corrected chi connectivity index (χ1v) is 13.7. The van der Waals surface area contributed by atoms with Crippen molar-refractivity contribution in [3.8, 4) is 0 Å². The molecule has 1 aromatic rings. The molecule has 1 unspecified atom stereocenters. The number of methoxy groups -OCH3 is 2. The quantitative estimate of drug-likeness (QED) is 0.395. The van der Waals surface area contributed by atoms with Crippen molar-refractivity contribution in [3.05, 3.63) is 34.9 Å². The Balaban J connectivity index is 1.34. The predicted octanol–water partition coefficient (Wildman–Crippen LogP) is 5.40. The Hall–Kier alpha value is -2.70. The van der Waals surface area contributed by atoms with Gasteiger partial charge in [0, 0.05) is 18.3 Å². The normalized spacial score (nSPS) is 36.5. The molecule has 0 N–H and O–H groups in total. The van der Waals surface area contributed by atoms with Gasteiger partial charge in [-0.05, 0) is 92.2 Å². The number of benzene rings is 1. The van der Waals surface area contributed by atoms with E-state index in [0.29, 0.717) is 29.5 Å². The number of hydrogen-bond acceptors (Lipinski definition) is 7. The van der Waals surface area contributed by atoms with Crippen molar-refractivity contribution < 1.29 is 33.4 Å². The van der Waals surface area contributed by atoms with Crippen molar-refractivity contribution >= 4 is 23.7 Å². The molecule has 1 aromatic carbocycles. The molecule has 4 fully saturated rings. The lowest BCUT2D eigenvalue weighted by molar-refractivity contribution is -0.142. The van der Waals surface area contributed by atoms with Gasteiger partial charge >= 0.3 is 17.9 Å². The van der Waals surface area contributed by atoms with Gasteiger partial charge in [0.15, 0.2) is 0 Å². The Labute approximate surface area is 218 Å². The van der Waals surface area contributed by atoms with E-state index in [0.717, 1.165) is 57.8 Å². The van der Waals surface area contributed by atoms with Gasteiger partial charge < -0.3 is 14.2 Å². The van der Waals surface area contributed by atoms with Crippen LogP contribution in [0.3, 0.4) is 0 Å². The average molecular weight is 511 g/mol. The van der Waals surface area contributed by atoms with E-state index in [4.69, 9.17) is 14.2 Å². The van der Waals surface area contributed by atoms with Gasteiger partial charge in [-0.1, -0.05) is 13.8 Å². The van der Waals surface area contributed by atoms with Crippen LogP contribution in [0.15, 0.2) is 18.2 Å². The van der Waals surface area contributed by atoms with Crippen molar-refractivity contribution in [2.75, 3.05) is 14.2 Å². The molecule has 0 aromatic heterocycles. The monoisotopic (exact) mass is 510 g/mol. The van der Waals surface area contributed by atoms with Crippen LogP contribution < -0.4 is 0 Å². The van der Waals surface area contributed by atoms with Gasteiger partial charge in [0.05, 0.1) is 30.9 Å². The minimum atomic E-state index is -0.713.